The lowest BCUT2D eigenvalue weighted by Crippen LogP contribution is -2.35. The maximum Gasteiger partial charge on any atom is 0.251 e. The number of methoxy groups -OCH3 is 1. The number of alkyl halides is 1. The number of rotatable bonds is 6. The van der Waals surface area contributed by atoms with Crippen molar-refractivity contribution in [3.63, 3.8) is 0 Å². The minimum Gasteiger partial charge on any atom is -0.383 e. The number of nitrogens with zero attached hydrogens (tertiary/aromatic N) is 1. The summed E-state index contributed by atoms with van der Waals surface area (Å²) in [6, 6.07) is 7.38. The molecule has 0 aliphatic carbocycles. The van der Waals surface area contributed by atoms with Gasteiger partial charge in [0, 0.05) is 29.7 Å². The van der Waals surface area contributed by atoms with Gasteiger partial charge in [-0.25, -0.2) is 4.98 Å². The molecule has 1 aromatic carbocycles. The van der Waals surface area contributed by atoms with Gasteiger partial charge in [-0.2, -0.15) is 0 Å². The molecule has 2 aromatic rings. The Morgan fingerprint density at radius 3 is 3.00 bits per heavy atom. The van der Waals surface area contributed by atoms with Crippen LogP contribution in [0, 0.1) is 0 Å². The molecule has 2 rings (SSSR count). The van der Waals surface area contributed by atoms with E-state index in [1.807, 2.05) is 30.5 Å². The van der Waals surface area contributed by atoms with E-state index in [1.165, 1.54) is 11.3 Å². The standard InChI is InChI=1S/C15H17ClN2O2S/c1-10(8-20-2)17-14(19)11-4-3-5-12(6-11)15-18-13(7-16)9-21-15/h3-6,9-10H,7-8H2,1-2H3,(H,17,19). The zero-order valence-electron chi connectivity index (χ0n) is 11.9. The molecule has 1 aromatic heterocycles. The number of hydrogen-bond acceptors (Lipinski definition) is 4. The molecule has 0 saturated carbocycles. The fourth-order valence-electron chi connectivity index (χ4n) is 1.89. The van der Waals surface area contributed by atoms with Crippen LogP contribution in [-0.4, -0.2) is 30.6 Å². The highest BCUT2D eigenvalue weighted by Gasteiger charge is 2.11. The minimum absolute atomic E-state index is 0.0335. The molecule has 0 fully saturated rings. The predicted octanol–water partition coefficient (Wildman–Crippen LogP) is 3.31. The van der Waals surface area contributed by atoms with Gasteiger partial charge in [-0.15, -0.1) is 22.9 Å². The highest BCUT2D eigenvalue weighted by Crippen LogP contribution is 2.25. The Morgan fingerprint density at radius 2 is 2.33 bits per heavy atom. The van der Waals surface area contributed by atoms with E-state index >= 15 is 0 Å². The molecule has 1 heterocycles. The van der Waals surface area contributed by atoms with E-state index in [0.717, 1.165) is 16.3 Å². The second kappa shape index (κ2) is 7.54. The summed E-state index contributed by atoms with van der Waals surface area (Å²) < 4.78 is 5.01. The van der Waals surface area contributed by atoms with E-state index < -0.39 is 0 Å². The summed E-state index contributed by atoms with van der Waals surface area (Å²) in [7, 11) is 1.61. The normalized spacial score (nSPS) is 12.1. The van der Waals surface area contributed by atoms with Crippen molar-refractivity contribution in [2.75, 3.05) is 13.7 Å². The molecule has 1 unspecified atom stereocenters. The van der Waals surface area contributed by atoms with E-state index in [1.54, 1.807) is 13.2 Å². The number of ether oxygens (including phenoxy) is 1. The van der Waals surface area contributed by atoms with Crippen LogP contribution in [-0.2, 0) is 10.6 Å². The molecular weight excluding hydrogens is 308 g/mol. The van der Waals surface area contributed by atoms with Gasteiger partial charge < -0.3 is 10.1 Å². The molecule has 0 saturated heterocycles. The van der Waals surface area contributed by atoms with Crippen molar-refractivity contribution < 1.29 is 9.53 Å². The van der Waals surface area contributed by atoms with Gasteiger partial charge in [0.25, 0.3) is 5.91 Å². The second-order valence-corrected chi connectivity index (χ2v) is 5.81. The van der Waals surface area contributed by atoms with Gasteiger partial charge in [-0.3, -0.25) is 4.79 Å². The monoisotopic (exact) mass is 324 g/mol. The van der Waals surface area contributed by atoms with Crippen LogP contribution in [0.15, 0.2) is 29.6 Å². The van der Waals surface area contributed by atoms with Crippen molar-refractivity contribution in [3.8, 4) is 10.6 Å². The summed E-state index contributed by atoms with van der Waals surface area (Å²) in [5, 5.41) is 5.68. The first-order chi connectivity index (χ1) is 10.1. The number of amides is 1. The average molecular weight is 325 g/mol. The van der Waals surface area contributed by atoms with Crippen LogP contribution in [0.1, 0.15) is 23.0 Å². The second-order valence-electron chi connectivity index (χ2n) is 4.69. The quantitative estimate of drug-likeness (QED) is 0.829. The van der Waals surface area contributed by atoms with Gasteiger partial charge in [-0.05, 0) is 19.1 Å². The van der Waals surface area contributed by atoms with E-state index in [-0.39, 0.29) is 11.9 Å². The Bertz CT molecular complexity index is 615. The fraction of sp³-hybridized carbons (Fsp3) is 0.333. The molecule has 1 atom stereocenters. The Balaban J connectivity index is 2.15. The third kappa shape index (κ3) is 4.27. The topological polar surface area (TPSA) is 51.2 Å². The third-order valence-electron chi connectivity index (χ3n) is 2.85. The average Bonchev–Trinajstić information content (AvgIpc) is 2.96. The van der Waals surface area contributed by atoms with Gasteiger partial charge in [0.2, 0.25) is 0 Å². The Labute approximate surface area is 133 Å². The molecule has 112 valence electrons. The summed E-state index contributed by atoms with van der Waals surface area (Å²) in [5.41, 5.74) is 2.38. The summed E-state index contributed by atoms with van der Waals surface area (Å²) >= 11 is 7.29. The Morgan fingerprint density at radius 1 is 1.52 bits per heavy atom. The van der Waals surface area contributed by atoms with Crippen molar-refractivity contribution in [2.45, 2.75) is 18.8 Å². The molecule has 6 heteroatoms. The molecule has 0 aliphatic heterocycles. The number of thiazole rings is 1. The van der Waals surface area contributed by atoms with Crippen molar-refractivity contribution >= 4 is 28.8 Å². The van der Waals surface area contributed by atoms with Crippen LogP contribution in [0.5, 0.6) is 0 Å². The van der Waals surface area contributed by atoms with Gasteiger partial charge in [-0.1, -0.05) is 12.1 Å². The minimum atomic E-state index is -0.115. The first-order valence-electron chi connectivity index (χ1n) is 6.54. The van der Waals surface area contributed by atoms with Crippen LogP contribution in [0.2, 0.25) is 0 Å². The van der Waals surface area contributed by atoms with Gasteiger partial charge in [0.05, 0.1) is 18.2 Å². The summed E-state index contributed by atoms with van der Waals surface area (Å²) in [6.45, 7) is 2.38. The molecular formula is C15H17ClN2O2S. The Hall–Kier alpha value is -1.43. The van der Waals surface area contributed by atoms with Gasteiger partial charge in [0.1, 0.15) is 5.01 Å². The van der Waals surface area contributed by atoms with Gasteiger partial charge in [0.15, 0.2) is 0 Å². The lowest BCUT2D eigenvalue weighted by Gasteiger charge is -2.12. The zero-order valence-corrected chi connectivity index (χ0v) is 13.5. The Kier molecular flexibility index (Phi) is 5.73. The summed E-state index contributed by atoms with van der Waals surface area (Å²) in [5.74, 6) is 0.279. The first-order valence-corrected chi connectivity index (χ1v) is 7.96. The van der Waals surface area contributed by atoms with Gasteiger partial charge >= 0.3 is 0 Å². The van der Waals surface area contributed by atoms with E-state index in [9.17, 15) is 4.79 Å². The first kappa shape index (κ1) is 15.9. The largest absolute Gasteiger partial charge is 0.383 e. The van der Waals surface area contributed by atoms with Crippen LogP contribution in [0.3, 0.4) is 0 Å². The molecule has 1 N–H and O–H groups in total. The van der Waals surface area contributed by atoms with Crippen LogP contribution in [0.25, 0.3) is 10.6 Å². The summed E-state index contributed by atoms with van der Waals surface area (Å²) in [6.07, 6.45) is 0. The van der Waals surface area contributed by atoms with Crippen molar-refractivity contribution in [1.82, 2.24) is 10.3 Å². The van der Waals surface area contributed by atoms with Crippen LogP contribution >= 0.6 is 22.9 Å². The maximum absolute atomic E-state index is 12.2. The van der Waals surface area contributed by atoms with Crippen molar-refractivity contribution in [3.05, 3.63) is 40.9 Å². The smallest absolute Gasteiger partial charge is 0.251 e. The lowest BCUT2D eigenvalue weighted by molar-refractivity contribution is 0.0905. The number of benzene rings is 1. The third-order valence-corrected chi connectivity index (χ3v) is 4.07. The van der Waals surface area contributed by atoms with Crippen LogP contribution < -0.4 is 5.32 Å². The number of aromatic nitrogens is 1. The highest BCUT2D eigenvalue weighted by molar-refractivity contribution is 7.13. The number of halogens is 1. The SMILES string of the molecule is COCC(C)NC(=O)c1cccc(-c2nc(CCl)cs2)c1. The number of carbonyl (C=O) groups excluding carboxylic acids is 1. The maximum atomic E-state index is 12.2. The van der Waals surface area contributed by atoms with Crippen molar-refractivity contribution in [1.29, 1.82) is 0 Å². The van der Waals surface area contributed by atoms with E-state index in [4.69, 9.17) is 16.3 Å². The molecule has 4 nitrogen and oxygen atoms in total. The fourth-order valence-corrected chi connectivity index (χ4v) is 2.94. The highest BCUT2D eigenvalue weighted by atomic mass is 35.5. The molecule has 0 spiro atoms. The van der Waals surface area contributed by atoms with E-state index in [2.05, 4.69) is 10.3 Å². The molecule has 1 amide bonds. The van der Waals surface area contributed by atoms with Crippen LogP contribution in [0.4, 0.5) is 0 Å². The zero-order chi connectivity index (χ0) is 15.2. The molecule has 0 bridgehead atoms. The van der Waals surface area contributed by atoms with Crippen molar-refractivity contribution in [2.24, 2.45) is 0 Å². The predicted molar refractivity (Wildman–Crippen MR) is 85.9 cm³/mol. The number of hydrogen-bond donors (Lipinski definition) is 1. The summed E-state index contributed by atoms with van der Waals surface area (Å²) in [4.78, 5) is 16.6. The number of nitrogens with one attached hydrogen (secondary N) is 1. The molecule has 0 aliphatic rings. The number of carbonyl (C=O) groups is 1. The lowest BCUT2D eigenvalue weighted by atomic mass is 10.1. The molecule has 0 radical (unpaired) electrons. The van der Waals surface area contributed by atoms with E-state index in [0.29, 0.717) is 18.1 Å². The molecule has 21 heavy (non-hydrogen) atoms.